The first kappa shape index (κ1) is 17.3. The Bertz CT molecular complexity index is 937. The average Bonchev–Trinajstić information content (AvgIpc) is 3.13. The lowest BCUT2D eigenvalue weighted by atomic mass is 10.1. The van der Waals surface area contributed by atoms with Crippen molar-refractivity contribution in [1.29, 1.82) is 0 Å². The maximum atomic E-state index is 12.5. The predicted molar refractivity (Wildman–Crippen MR) is 94.7 cm³/mol. The van der Waals surface area contributed by atoms with E-state index in [1.54, 1.807) is 7.11 Å². The number of nitrogens with zero attached hydrogens (tertiary/aromatic N) is 2. The van der Waals surface area contributed by atoms with Crippen molar-refractivity contribution in [1.82, 2.24) is 14.5 Å². The molecule has 0 aliphatic heterocycles. The zero-order valence-corrected chi connectivity index (χ0v) is 14.6. The monoisotopic (exact) mass is 357 g/mol. The summed E-state index contributed by atoms with van der Waals surface area (Å²) in [5.41, 5.74) is 2.67. The number of nitrogens with one attached hydrogen (secondary N) is 1. The highest BCUT2D eigenvalue weighted by atomic mass is 32.2. The van der Waals surface area contributed by atoms with E-state index in [1.165, 1.54) is 17.1 Å². The van der Waals surface area contributed by atoms with Gasteiger partial charge < -0.3 is 4.74 Å². The van der Waals surface area contributed by atoms with Gasteiger partial charge in [0, 0.05) is 13.7 Å². The summed E-state index contributed by atoms with van der Waals surface area (Å²) < 4.78 is 34.2. The van der Waals surface area contributed by atoms with Crippen molar-refractivity contribution in [2.24, 2.45) is 0 Å². The Morgan fingerprint density at radius 2 is 1.84 bits per heavy atom. The molecule has 0 saturated carbocycles. The molecule has 1 aromatic heterocycles. The number of rotatable bonds is 7. The average molecular weight is 357 g/mol. The van der Waals surface area contributed by atoms with Crippen LogP contribution < -0.4 is 4.72 Å². The van der Waals surface area contributed by atoms with Gasteiger partial charge in [-0.05, 0) is 23.3 Å². The summed E-state index contributed by atoms with van der Waals surface area (Å²) in [7, 11) is -2.01. The van der Waals surface area contributed by atoms with Gasteiger partial charge in [0.15, 0.2) is 0 Å². The van der Waals surface area contributed by atoms with Crippen LogP contribution in [0.2, 0.25) is 0 Å². The van der Waals surface area contributed by atoms with Crippen molar-refractivity contribution in [2.45, 2.75) is 18.0 Å². The van der Waals surface area contributed by atoms with Crippen molar-refractivity contribution in [3.8, 4) is 5.69 Å². The van der Waals surface area contributed by atoms with Crippen LogP contribution in [0.3, 0.4) is 0 Å². The zero-order valence-electron chi connectivity index (χ0n) is 13.8. The Balaban J connectivity index is 1.72. The standard InChI is InChI=1S/C18H19N3O3S/c1-24-14-16-7-5-6-15(10-16)11-20-25(22,23)18-12-19-21(13-18)17-8-3-2-4-9-17/h2-10,12-13,20H,11,14H2,1H3. The number of benzene rings is 2. The molecule has 0 radical (unpaired) electrons. The number of aromatic nitrogens is 2. The van der Waals surface area contributed by atoms with E-state index in [1.807, 2.05) is 54.6 Å². The molecule has 0 bridgehead atoms. The third-order valence-electron chi connectivity index (χ3n) is 3.66. The molecular formula is C18H19N3O3S. The molecule has 0 fully saturated rings. The SMILES string of the molecule is COCc1cccc(CNS(=O)(=O)c2cnn(-c3ccccc3)c2)c1. The third-order valence-corrected chi connectivity index (χ3v) is 5.01. The lowest BCUT2D eigenvalue weighted by molar-refractivity contribution is 0.185. The van der Waals surface area contributed by atoms with Crippen molar-refractivity contribution in [3.05, 3.63) is 78.1 Å². The topological polar surface area (TPSA) is 73.2 Å². The molecule has 0 atom stereocenters. The van der Waals surface area contributed by atoms with Gasteiger partial charge in [0.25, 0.3) is 0 Å². The normalized spacial score (nSPS) is 11.6. The zero-order chi connectivity index (χ0) is 17.7. The molecule has 1 heterocycles. The molecule has 0 amide bonds. The molecule has 7 heteroatoms. The minimum atomic E-state index is -3.64. The van der Waals surface area contributed by atoms with E-state index in [0.717, 1.165) is 16.8 Å². The smallest absolute Gasteiger partial charge is 0.244 e. The van der Waals surface area contributed by atoms with Crippen molar-refractivity contribution in [3.63, 3.8) is 0 Å². The van der Waals surface area contributed by atoms with Crippen LogP contribution in [0, 0.1) is 0 Å². The van der Waals surface area contributed by atoms with Crippen molar-refractivity contribution in [2.75, 3.05) is 7.11 Å². The van der Waals surface area contributed by atoms with E-state index in [2.05, 4.69) is 9.82 Å². The molecule has 0 unspecified atom stereocenters. The number of hydrogen-bond acceptors (Lipinski definition) is 4. The summed E-state index contributed by atoms with van der Waals surface area (Å²) >= 11 is 0. The van der Waals surface area contributed by atoms with Gasteiger partial charge in [0.2, 0.25) is 10.0 Å². The Morgan fingerprint density at radius 3 is 2.60 bits per heavy atom. The number of sulfonamides is 1. The molecule has 3 aromatic rings. The highest BCUT2D eigenvalue weighted by Crippen LogP contribution is 2.13. The van der Waals surface area contributed by atoms with Gasteiger partial charge in [-0.2, -0.15) is 5.10 Å². The fraction of sp³-hybridized carbons (Fsp3) is 0.167. The fourth-order valence-electron chi connectivity index (χ4n) is 2.42. The summed E-state index contributed by atoms with van der Waals surface area (Å²) in [6, 6.07) is 17.0. The van der Waals surface area contributed by atoms with E-state index < -0.39 is 10.0 Å². The van der Waals surface area contributed by atoms with Crippen molar-refractivity contribution >= 4 is 10.0 Å². The Hall–Kier alpha value is -2.48. The first-order valence-corrected chi connectivity index (χ1v) is 9.23. The van der Waals surface area contributed by atoms with E-state index in [-0.39, 0.29) is 11.4 Å². The quantitative estimate of drug-likeness (QED) is 0.705. The minimum absolute atomic E-state index is 0.129. The van der Waals surface area contributed by atoms with Crippen LogP contribution in [0.5, 0.6) is 0 Å². The third kappa shape index (κ3) is 4.33. The second-order valence-corrected chi connectivity index (χ2v) is 7.30. The van der Waals surface area contributed by atoms with Gasteiger partial charge in [-0.3, -0.25) is 0 Å². The highest BCUT2D eigenvalue weighted by Gasteiger charge is 2.16. The molecule has 0 saturated heterocycles. The van der Waals surface area contributed by atoms with Crippen LogP contribution in [-0.2, 0) is 27.9 Å². The lowest BCUT2D eigenvalue weighted by Gasteiger charge is -2.07. The van der Waals surface area contributed by atoms with Gasteiger partial charge in [0.05, 0.1) is 24.7 Å². The van der Waals surface area contributed by atoms with Crippen LogP contribution in [0.25, 0.3) is 5.69 Å². The lowest BCUT2D eigenvalue weighted by Crippen LogP contribution is -2.23. The van der Waals surface area contributed by atoms with Crippen molar-refractivity contribution < 1.29 is 13.2 Å². The number of hydrogen-bond donors (Lipinski definition) is 1. The van der Waals surface area contributed by atoms with Gasteiger partial charge in [-0.25, -0.2) is 17.8 Å². The molecule has 6 nitrogen and oxygen atoms in total. The maximum absolute atomic E-state index is 12.5. The molecule has 2 aromatic carbocycles. The molecule has 130 valence electrons. The van der Waals surface area contributed by atoms with E-state index >= 15 is 0 Å². The molecule has 3 rings (SSSR count). The molecule has 0 spiro atoms. The summed E-state index contributed by atoms with van der Waals surface area (Å²) in [5, 5.41) is 4.13. The van der Waals surface area contributed by atoms with Crippen LogP contribution in [-0.4, -0.2) is 25.3 Å². The van der Waals surface area contributed by atoms with Gasteiger partial charge in [-0.15, -0.1) is 0 Å². The highest BCUT2D eigenvalue weighted by molar-refractivity contribution is 7.89. The second kappa shape index (κ2) is 7.60. The maximum Gasteiger partial charge on any atom is 0.244 e. The van der Waals surface area contributed by atoms with Gasteiger partial charge in [-0.1, -0.05) is 42.5 Å². The number of methoxy groups -OCH3 is 1. The Kier molecular flexibility index (Phi) is 5.28. The van der Waals surface area contributed by atoms with E-state index in [9.17, 15) is 8.42 Å². The molecule has 0 aliphatic carbocycles. The van der Waals surface area contributed by atoms with Crippen LogP contribution in [0.1, 0.15) is 11.1 Å². The summed E-state index contributed by atoms with van der Waals surface area (Å²) in [6.45, 7) is 0.695. The molecule has 0 aliphatic rings. The van der Waals surface area contributed by atoms with Crippen LogP contribution >= 0.6 is 0 Å². The number of para-hydroxylation sites is 1. The summed E-state index contributed by atoms with van der Waals surface area (Å²) in [5.74, 6) is 0. The molecule has 25 heavy (non-hydrogen) atoms. The van der Waals surface area contributed by atoms with E-state index in [0.29, 0.717) is 6.61 Å². The first-order valence-electron chi connectivity index (χ1n) is 7.75. The van der Waals surface area contributed by atoms with Gasteiger partial charge in [0.1, 0.15) is 4.90 Å². The Morgan fingerprint density at radius 1 is 1.08 bits per heavy atom. The van der Waals surface area contributed by atoms with Gasteiger partial charge >= 0.3 is 0 Å². The molecule has 1 N–H and O–H groups in total. The number of ether oxygens (including phenoxy) is 1. The predicted octanol–water partition coefficient (Wildman–Crippen LogP) is 2.50. The van der Waals surface area contributed by atoms with Crippen LogP contribution in [0.15, 0.2) is 71.9 Å². The van der Waals surface area contributed by atoms with E-state index in [4.69, 9.17) is 4.74 Å². The Labute approximate surface area is 147 Å². The fourth-order valence-corrected chi connectivity index (χ4v) is 3.37. The first-order chi connectivity index (χ1) is 12.1. The second-order valence-electron chi connectivity index (χ2n) is 5.53. The largest absolute Gasteiger partial charge is 0.380 e. The van der Waals surface area contributed by atoms with Crippen LogP contribution in [0.4, 0.5) is 0 Å². The minimum Gasteiger partial charge on any atom is -0.380 e. The molecular weight excluding hydrogens is 338 g/mol. The summed E-state index contributed by atoms with van der Waals surface area (Å²) in [6.07, 6.45) is 2.84. The summed E-state index contributed by atoms with van der Waals surface area (Å²) in [4.78, 5) is 0.129.